The summed E-state index contributed by atoms with van der Waals surface area (Å²) in [5.41, 5.74) is 2.16. The van der Waals surface area contributed by atoms with E-state index in [1.165, 1.54) is 0 Å². The van der Waals surface area contributed by atoms with Crippen LogP contribution in [0.3, 0.4) is 0 Å². The highest BCUT2D eigenvalue weighted by atomic mass is 16.1. The van der Waals surface area contributed by atoms with E-state index >= 15 is 0 Å². The molecule has 0 atom stereocenters. The zero-order valence-electron chi connectivity index (χ0n) is 6.56. The Labute approximate surface area is 68.8 Å². The highest BCUT2D eigenvalue weighted by Gasteiger charge is 2.02. The molecule has 0 aliphatic carbocycles. The molecule has 0 fully saturated rings. The summed E-state index contributed by atoms with van der Waals surface area (Å²) >= 11 is 0. The number of fused-ring (bicyclic) bond motifs is 1. The molecular weight excluding hydrogens is 154 g/mol. The minimum atomic E-state index is 0.575. The maximum atomic E-state index is 10.5. The molecule has 0 bridgehead atoms. The van der Waals surface area contributed by atoms with Gasteiger partial charge in [0.2, 0.25) is 0 Å². The number of rotatable bonds is 1. The lowest BCUT2D eigenvalue weighted by Gasteiger charge is -1.99. The Hall–Kier alpha value is -1.71. The van der Waals surface area contributed by atoms with Crippen LogP contribution in [0.25, 0.3) is 5.65 Å². The molecule has 0 saturated carbocycles. The number of nitrogens with zero attached hydrogens (tertiary/aromatic N) is 3. The van der Waals surface area contributed by atoms with Crippen LogP contribution >= 0.6 is 0 Å². The van der Waals surface area contributed by atoms with Gasteiger partial charge >= 0.3 is 0 Å². The van der Waals surface area contributed by atoms with Gasteiger partial charge in [-0.05, 0) is 6.92 Å². The number of hydrogen-bond acceptors (Lipinski definition) is 3. The quantitative estimate of drug-likeness (QED) is 0.582. The molecule has 0 unspecified atom stereocenters. The van der Waals surface area contributed by atoms with Crippen molar-refractivity contribution in [1.29, 1.82) is 0 Å². The van der Waals surface area contributed by atoms with E-state index in [-0.39, 0.29) is 0 Å². The molecule has 2 aromatic rings. The predicted octanol–water partition coefficient (Wildman–Crippen LogP) is 0.850. The number of hydrogen-bond donors (Lipinski definition) is 0. The average Bonchev–Trinajstić information content (AvgIpc) is 2.53. The van der Waals surface area contributed by atoms with Crippen molar-refractivity contribution < 1.29 is 4.79 Å². The SMILES string of the molecule is Cc1c(C=O)cnc2ccnn12. The van der Waals surface area contributed by atoms with Crippen LogP contribution in [0.2, 0.25) is 0 Å². The maximum absolute atomic E-state index is 10.5. The lowest BCUT2D eigenvalue weighted by Crippen LogP contribution is -1.99. The Morgan fingerprint density at radius 2 is 2.42 bits per heavy atom. The largest absolute Gasteiger partial charge is 0.298 e. The summed E-state index contributed by atoms with van der Waals surface area (Å²) in [5.74, 6) is 0. The fourth-order valence-electron chi connectivity index (χ4n) is 1.12. The molecule has 4 heteroatoms. The minimum absolute atomic E-state index is 0.575. The van der Waals surface area contributed by atoms with Gasteiger partial charge in [-0.25, -0.2) is 9.50 Å². The van der Waals surface area contributed by atoms with Crippen LogP contribution in [-0.2, 0) is 0 Å². The van der Waals surface area contributed by atoms with Gasteiger partial charge in [0.05, 0.1) is 17.5 Å². The zero-order valence-corrected chi connectivity index (χ0v) is 6.56. The van der Waals surface area contributed by atoms with Gasteiger partial charge in [0.15, 0.2) is 11.9 Å². The Kier molecular flexibility index (Phi) is 1.40. The molecule has 0 spiro atoms. The van der Waals surface area contributed by atoms with Crippen LogP contribution in [0.4, 0.5) is 0 Å². The summed E-state index contributed by atoms with van der Waals surface area (Å²) in [6.07, 6.45) is 3.99. The standard InChI is InChI=1S/C8H7N3O/c1-6-7(5-12)4-9-8-2-3-10-11(6)8/h2-5H,1H3. The number of carbonyl (C=O) groups excluding carboxylic acids is 1. The van der Waals surface area contributed by atoms with E-state index in [1.807, 2.05) is 6.92 Å². The van der Waals surface area contributed by atoms with Gasteiger partial charge in [0.25, 0.3) is 0 Å². The van der Waals surface area contributed by atoms with Crippen molar-refractivity contribution >= 4 is 11.9 Å². The van der Waals surface area contributed by atoms with Gasteiger partial charge in [-0.3, -0.25) is 4.79 Å². The number of aryl methyl sites for hydroxylation is 1. The molecule has 0 aliphatic heterocycles. The fraction of sp³-hybridized carbons (Fsp3) is 0.125. The first kappa shape index (κ1) is 6.97. The normalized spacial score (nSPS) is 10.4. The molecule has 0 N–H and O–H groups in total. The Bertz CT molecular complexity index is 433. The van der Waals surface area contributed by atoms with Crippen LogP contribution in [-0.4, -0.2) is 20.9 Å². The minimum Gasteiger partial charge on any atom is -0.298 e. The molecule has 12 heavy (non-hydrogen) atoms. The molecule has 0 amide bonds. The second-order valence-corrected chi connectivity index (χ2v) is 2.52. The maximum Gasteiger partial charge on any atom is 0.155 e. The first-order valence-corrected chi connectivity index (χ1v) is 3.57. The van der Waals surface area contributed by atoms with Crippen LogP contribution < -0.4 is 0 Å². The van der Waals surface area contributed by atoms with Crippen molar-refractivity contribution in [2.75, 3.05) is 0 Å². The van der Waals surface area contributed by atoms with Crippen molar-refractivity contribution in [2.45, 2.75) is 6.92 Å². The first-order valence-electron chi connectivity index (χ1n) is 3.57. The van der Waals surface area contributed by atoms with E-state index in [1.54, 1.807) is 23.0 Å². The highest BCUT2D eigenvalue weighted by Crippen LogP contribution is 2.05. The van der Waals surface area contributed by atoms with Crippen molar-refractivity contribution in [3.8, 4) is 0 Å². The third kappa shape index (κ3) is 0.812. The zero-order chi connectivity index (χ0) is 8.55. The van der Waals surface area contributed by atoms with E-state index < -0.39 is 0 Å². The number of aldehydes is 1. The number of carbonyl (C=O) groups is 1. The summed E-state index contributed by atoms with van der Waals surface area (Å²) in [6.45, 7) is 1.84. The highest BCUT2D eigenvalue weighted by molar-refractivity contribution is 5.76. The van der Waals surface area contributed by atoms with Crippen molar-refractivity contribution in [1.82, 2.24) is 14.6 Å². The van der Waals surface area contributed by atoms with Crippen LogP contribution in [0.1, 0.15) is 16.1 Å². The van der Waals surface area contributed by atoms with Gasteiger partial charge in [0, 0.05) is 12.3 Å². The smallest absolute Gasteiger partial charge is 0.155 e. The predicted molar refractivity (Wildman–Crippen MR) is 43.1 cm³/mol. The molecule has 0 aromatic carbocycles. The third-order valence-electron chi connectivity index (χ3n) is 1.82. The van der Waals surface area contributed by atoms with Crippen LogP contribution in [0.5, 0.6) is 0 Å². The number of aromatic nitrogens is 3. The average molecular weight is 161 g/mol. The summed E-state index contributed by atoms with van der Waals surface area (Å²) in [6, 6.07) is 1.79. The second kappa shape index (κ2) is 2.41. The van der Waals surface area contributed by atoms with Gasteiger partial charge in [0.1, 0.15) is 0 Å². The Balaban J connectivity index is 2.86. The van der Waals surface area contributed by atoms with Crippen molar-refractivity contribution in [3.63, 3.8) is 0 Å². The summed E-state index contributed by atoms with van der Waals surface area (Å²) in [7, 11) is 0. The van der Waals surface area contributed by atoms with E-state index in [0.717, 1.165) is 17.6 Å². The van der Waals surface area contributed by atoms with E-state index in [0.29, 0.717) is 5.56 Å². The molecule has 4 nitrogen and oxygen atoms in total. The van der Waals surface area contributed by atoms with E-state index in [2.05, 4.69) is 10.1 Å². The van der Waals surface area contributed by atoms with Gasteiger partial charge < -0.3 is 0 Å². The van der Waals surface area contributed by atoms with Gasteiger partial charge in [-0.15, -0.1) is 0 Å². The second-order valence-electron chi connectivity index (χ2n) is 2.52. The summed E-state index contributed by atoms with van der Waals surface area (Å²) in [5, 5.41) is 4.02. The molecule has 2 rings (SSSR count). The van der Waals surface area contributed by atoms with Crippen LogP contribution in [0, 0.1) is 6.92 Å². The molecular formula is C8H7N3O. The monoisotopic (exact) mass is 161 g/mol. The first-order chi connectivity index (χ1) is 5.83. The Morgan fingerprint density at radius 3 is 3.17 bits per heavy atom. The molecule has 0 aliphatic rings. The molecule has 0 radical (unpaired) electrons. The molecule has 2 aromatic heterocycles. The van der Waals surface area contributed by atoms with Crippen molar-refractivity contribution in [2.24, 2.45) is 0 Å². The Morgan fingerprint density at radius 1 is 1.58 bits per heavy atom. The fourth-order valence-corrected chi connectivity index (χ4v) is 1.12. The summed E-state index contributed by atoms with van der Waals surface area (Å²) in [4.78, 5) is 14.6. The van der Waals surface area contributed by atoms with Crippen LogP contribution in [0.15, 0.2) is 18.5 Å². The summed E-state index contributed by atoms with van der Waals surface area (Å²) < 4.78 is 1.64. The molecule has 2 heterocycles. The molecule has 0 saturated heterocycles. The lowest BCUT2D eigenvalue weighted by molar-refractivity contribution is 0.112. The van der Waals surface area contributed by atoms with E-state index in [9.17, 15) is 4.79 Å². The topological polar surface area (TPSA) is 47.3 Å². The lowest BCUT2D eigenvalue weighted by atomic mass is 10.3. The molecule has 60 valence electrons. The van der Waals surface area contributed by atoms with Gasteiger partial charge in [-0.1, -0.05) is 0 Å². The van der Waals surface area contributed by atoms with Gasteiger partial charge in [-0.2, -0.15) is 5.10 Å². The van der Waals surface area contributed by atoms with E-state index in [4.69, 9.17) is 0 Å². The third-order valence-corrected chi connectivity index (χ3v) is 1.82. The van der Waals surface area contributed by atoms with Crippen molar-refractivity contribution in [3.05, 3.63) is 29.7 Å².